The van der Waals surface area contributed by atoms with Crippen LogP contribution in [0.4, 0.5) is 4.39 Å². The van der Waals surface area contributed by atoms with Gasteiger partial charge in [-0.3, -0.25) is 0 Å². The Labute approximate surface area is 107 Å². The van der Waals surface area contributed by atoms with Crippen LogP contribution in [0.1, 0.15) is 32.3 Å². The van der Waals surface area contributed by atoms with Crippen molar-refractivity contribution >= 4 is 0 Å². The lowest BCUT2D eigenvalue weighted by molar-refractivity contribution is -0.0330. The van der Waals surface area contributed by atoms with E-state index in [0.29, 0.717) is 12.2 Å². The number of aliphatic hydroxyl groups excluding tert-OH is 1. The number of ether oxygens (including phenoxy) is 2. The van der Waals surface area contributed by atoms with Crippen LogP contribution in [-0.4, -0.2) is 23.4 Å². The van der Waals surface area contributed by atoms with Crippen molar-refractivity contribution in [3.8, 4) is 5.75 Å². The molecule has 0 aromatic heterocycles. The Morgan fingerprint density at radius 3 is 2.83 bits per heavy atom. The van der Waals surface area contributed by atoms with Crippen molar-refractivity contribution in [1.82, 2.24) is 0 Å². The van der Waals surface area contributed by atoms with Crippen LogP contribution in [0.5, 0.6) is 5.75 Å². The van der Waals surface area contributed by atoms with Gasteiger partial charge in [0.05, 0.1) is 18.3 Å². The smallest absolute Gasteiger partial charge is 0.165 e. The standard InChI is InChI=1S/C14H19FO3/c1-14(2)6-5-11(18-14)9-17-13-4-3-10(8-16)7-12(13)15/h3-4,7,11,16H,5-6,8-9H2,1-2H3. The van der Waals surface area contributed by atoms with Crippen LogP contribution in [0.3, 0.4) is 0 Å². The molecule has 1 atom stereocenters. The summed E-state index contributed by atoms with van der Waals surface area (Å²) in [7, 11) is 0. The summed E-state index contributed by atoms with van der Waals surface area (Å²) in [5.74, 6) is -0.237. The van der Waals surface area contributed by atoms with E-state index in [-0.39, 0.29) is 24.1 Å². The van der Waals surface area contributed by atoms with Gasteiger partial charge < -0.3 is 14.6 Å². The van der Waals surface area contributed by atoms with Crippen molar-refractivity contribution in [2.75, 3.05) is 6.61 Å². The third-order valence-corrected chi connectivity index (χ3v) is 3.16. The highest BCUT2D eigenvalue weighted by atomic mass is 19.1. The molecule has 1 aromatic rings. The van der Waals surface area contributed by atoms with Crippen molar-refractivity contribution < 1.29 is 19.0 Å². The summed E-state index contributed by atoms with van der Waals surface area (Å²) in [5.41, 5.74) is 0.436. The first kappa shape index (κ1) is 13.3. The van der Waals surface area contributed by atoms with Crippen LogP contribution in [0.15, 0.2) is 18.2 Å². The van der Waals surface area contributed by atoms with Crippen molar-refractivity contribution in [2.24, 2.45) is 0 Å². The number of rotatable bonds is 4. The topological polar surface area (TPSA) is 38.7 Å². The second-order valence-corrected chi connectivity index (χ2v) is 5.27. The Kier molecular flexibility index (Phi) is 3.88. The average molecular weight is 254 g/mol. The summed E-state index contributed by atoms with van der Waals surface area (Å²) in [6.07, 6.45) is 1.95. The lowest BCUT2D eigenvalue weighted by Crippen LogP contribution is -2.24. The molecule has 1 aliphatic rings. The third kappa shape index (κ3) is 3.21. The summed E-state index contributed by atoms with van der Waals surface area (Å²) in [5, 5.41) is 8.89. The van der Waals surface area contributed by atoms with Gasteiger partial charge in [0.1, 0.15) is 6.61 Å². The van der Waals surface area contributed by atoms with Crippen LogP contribution in [0.25, 0.3) is 0 Å². The summed E-state index contributed by atoms with van der Waals surface area (Å²) in [4.78, 5) is 0. The number of benzene rings is 1. The highest BCUT2D eigenvalue weighted by molar-refractivity contribution is 5.29. The molecular formula is C14H19FO3. The van der Waals surface area contributed by atoms with E-state index in [9.17, 15) is 4.39 Å². The van der Waals surface area contributed by atoms with E-state index >= 15 is 0 Å². The molecule has 1 heterocycles. The Morgan fingerprint density at radius 1 is 1.50 bits per heavy atom. The molecule has 0 spiro atoms. The van der Waals surface area contributed by atoms with Gasteiger partial charge >= 0.3 is 0 Å². The fourth-order valence-electron chi connectivity index (χ4n) is 2.14. The quantitative estimate of drug-likeness (QED) is 0.897. The number of aliphatic hydroxyl groups is 1. The highest BCUT2D eigenvalue weighted by Crippen LogP contribution is 2.30. The number of hydrogen-bond donors (Lipinski definition) is 1. The van der Waals surface area contributed by atoms with E-state index in [0.717, 1.165) is 12.8 Å². The van der Waals surface area contributed by atoms with Crippen LogP contribution < -0.4 is 4.74 Å². The Hall–Kier alpha value is -1.13. The molecule has 3 nitrogen and oxygen atoms in total. The van der Waals surface area contributed by atoms with Crippen LogP contribution >= 0.6 is 0 Å². The first-order valence-electron chi connectivity index (χ1n) is 6.20. The minimum absolute atomic E-state index is 0.0249. The molecular weight excluding hydrogens is 235 g/mol. The fraction of sp³-hybridized carbons (Fsp3) is 0.571. The van der Waals surface area contributed by atoms with E-state index in [1.807, 2.05) is 13.8 Å². The lowest BCUT2D eigenvalue weighted by Gasteiger charge is -2.19. The maximum absolute atomic E-state index is 13.6. The van der Waals surface area contributed by atoms with E-state index in [1.165, 1.54) is 6.07 Å². The molecule has 1 N–H and O–H groups in total. The molecule has 2 rings (SSSR count). The number of hydrogen-bond acceptors (Lipinski definition) is 3. The van der Waals surface area contributed by atoms with Crippen molar-refractivity contribution in [1.29, 1.82) is 0 Å². The van der Waals surface area contributed by atoms with Gasteiger partial charge in [0.25, 0.3) is 0 Å². The Balaban J connectivity index is 1.91. The SMILES string of the molecule is CC1(C)CCC(COc2ccc(CO)cc2F)O1. The van der Waals surface area contributed by atoms with E-state index in [4.69, 9.17) is 14.6 Å². The molecule has 0 saturated carbocycles. The maximum atomic E-state index is 13.6. The summed E-state index contributed by atoms with van der Waals surface area (Å²) in [6, 6.07) is 4.48. The molecule has 1 aromatic carbocycles. The van der Waals surface area contributed by atoms with Gasteiger partial charge in [-0.05, 0) is 44.4 Å². The molecule has 0 bridgehead atoms. The molecule has 0 aliphatic carbocycles. The minimum Gasteiger partial charge on any atom is -0.488 e. The van der Waals surface area contributed by atoms with Crippen molar-refractivity contribution in [2.45, 2.75) is 45.0 Å². The van der Waals surface area contributed by atoms with Crippen molar-refractivity contribution in [3.05, 3.63) is 29.6 Å². The molecule has 18 heavy (non-hydrogen) atoms. The predicted octanol–water partition coefficient (Wildman–Crippen LogP) is 2.65. The predicted molar refractivity (Wildman–Crippen MR) is 66.0 cm³/mol. The van der Waals surface area contributed by atoms with Crippen molar-refractivity contribution in [3.63, 3.8) is 0 Å². The van der Waals surface area contributed by atoms with Gasteiger partial charge in [-0.25, -0.2) is 4.39 Å². The highest BCUT2D eigenvalue weighted by Gasteiger charge is 2.32. The van der Waals surface area contributed by atoms with Crippen LogP contribution in [-0.2, 0) is 11.3 Å². The zero-order valence-electron chi connectivity index (χ0n) is 10.8. The van der Waals surface area contributed by atoms with Gasteiger partial charge in [-0.1, -0.05) is 6.07 Å². The van der Waals surface area contributed by atoms with Gasteiger partial charge in [-0.15, -0.1) is 0 Å². The van der Waals surface area contributed by atoms with E-state index in [2.05, 4.69) is 0 Å². The van der Waals surface area contributed by atoms with Gasteiger partial charge in [0.2, 0.25) is 0 Å². The Bertz CT molecular complexity index is 418. The molecule has 0 radical (unpaired) electrons. The van der Waals surface area contributed by atoms with E-state index < -0.39 is 5.82 Å². The largest absolute Gasteiger partial charge is 0.488 e. The summed E-state index contributed by atoms with van der Waals surface area (Å²) in [6.45, 7) is 4.28. The normalized spacial score (nSPS) is 22.1. The summed E-state index contributed by atoms with van der Waals surface area (Å²) < 4.78 is 24.8. The monoisotopic (exact) mass is 254 g/mol. The average Bonchev–Trinajstić information content (AvgIpc) is 2.67. The Morgan fingerprint density at radius 2 is 2.28 bits per heavy atom. The first-order valence-corrected chi connectivity index (χ1v) is 6.20. The van der Waals surface area contributed by atoms with Crippen LogP contribution in [0.2, 0.25) is 0 Å². The fourth-order valence-corrected chi connectivity index (χ4v) is 2.14. The molecule has 0 amide bonds. The minimum atomic E-state index is -0.446. The molecule has 1 aliphatic heterocycles. The first-order chi connectivity index (χ1) is 8.50. The summed E-state index contributed by atoms with van der Waals surface area (Å²) >= 11 is 0. The third-order valence-electron chi connectivity index (χ3n) is 3.16. The second kappa shape index (κ2) is 5.24. The second-order valence-electron chi connectivity index (χ2n) is 5.27. The zero-order chi connectivity index (χ0) is 13.2. The zero-order valence-corrected chi connectivity index (χ0v) is 10.8. The molecule has 4 heteroatoms. The van der Waals surface area contributed by atoms with Crippen LogP contribution in [0, 0.1) is 5.82 Å². The molecule has 100 valence electrons. The molecule has 1 saturated heterocycles. The maximum Gasteiger partial charge on any atom is 0.165 e. The molecule has 1 unspecified atom stereocenters. The van der Waals surface area contributed by atoms with Gasteiger partial charge in [-0.2, -0.15) is 0 Å². The van der Waals surface area contributed by atoms with Gasteiger partial charge in [0.15, 0.2) is 11.6 Å². The molecule has 1 fully saturated rings. The van der Waals surface area contributed by atoms with E-state index in [1.54, 1.807) is 12.1 Å². The van der Waals surface area contributed by atoms with Gasteiger partial charge in [0, 0.05) is 0 Å². The number of halogens is 1. The lowest BCUT2D eigenvalue weighted by atomic mass is 10.1.